The van der Waals surface area contributed by atoms with E-state index in [-0.39, 0.29) is 6.61 Å². The fourth-order valence-electron chi connectivity index (χ4n) is 1.02. The molecule has 0 heterocycles. The summed E-state index contributed by atoms with van der Waals surface area (Å²) in [7, 11) is 0. The van der Waals surface area contributed by atoms with Crippen LogP contribution in [-0.4, -0.2) is 29.6 Å². The molecule has 0 spiro atoms. The van der Waals surface area contributed by atoms with Crippen LogP contribution < -0.4 is 10.1 Å². The molecule has 17 heavy (non-hydrogen) atoms. The van der Waals surface area contributed by atoms with E-state index in [2.05, 4.69) is 27.9 Å². The highest BCUT2D eigenvalue weighted by molar-refractivity contribution is 14.1. The minimum Gasteiger partial charge on any atom is -0.484 e. The molecule has 1 amide bonds. The number of hydrogen-bond donors (Lipinski definition) is 2. The molecule has 0 radical (unpaired) electrons. The molecule has 0 saturated carbocycles. The number of ether oxygens (including phenoxy) is 1. The largest absolute Gasteiger partial charge is 0.484 e. The Morgan fingerprint density at radius 2 is 2.00 bits per heavy atom. The average molecular weight is 349 g/mol. The molecule has 1 aromatic carbocycles. The van der Waals surface area contributed by atoms with Crippen molar-refractivity contribution < 1.29 is 19.4 Å². The van der Waals surface area contributed by atoms with Gasteiger partial charge in [-0.25, -0.2) is 0 Å². The van der Waals surface area contributed by atoms with Crippen LogP contribution in [0.2, 0.25) is 0 Å². The Morgan fingerprint density at radius 1 is 1.41 bits per heavy atom. The van der Waals surface area contributed by atoms with Gasteiger partial charge in [-0.05, 0) is 53.8 Å². The number of carboxylic acids is 1. The van der Waals surface area contributed by atoms with E-state index in [9.17, 15) is 9.59 Å². The zero-order chi connectivity index (χ0) is 12.8. The molecule has 0 aliphatic heterocycles. The zero-order valence-corrected chi connectivity index (χ0v) is 11.3. The van der Waals surface area contributed by atoms with Gasteiger partial charge >= 0.3 is 5.97 Å². The molecule has 0 saturated heterocycles. The van der Waals surface area contributed by atoms with Gasteiger partial charge in [-0.3, -0.25) is 9.59 Å². The SMILES string of the molecule is C[C@H](NC(=O)COc1ccc(I)cc1)C(=O)O. The van der Waals surface area contributed by atoms with E-state index in [1.165, 1.54) is 6.92 Å². The lowest BCUT2D eigenvalue weighted by Gasteiger charge is -2.10. The third-order valence-electron chi connectivity index (χ3n) is 1.93. The number of rotatable bonds is 5. The third-order valence-corrected chi connectivity index (χ3v) is 2.65. The van der Waals surface area contributed by atoms with Crippen LogP contribution in [0.3, 0.4) is 0 Å². The van der Waals surface area contributed by atoms with Crippen molar-refractivity contribution in [2.75, 3.05) is 6.61 Å². The van der Waals surface area contributed by atoms with Gasteiger partial charge in [0, 0.05) is 3.57 Å². The van der Waals surface area contributed by atoms with Crippen LogP contribution in [0.4, 0.5) is 0 Å². The molecule has 0 aliphatic rings. The Bertz CT molecular complexity index is 404. The number of halogens is 1. The summed E-state index contributed by atoms with van der Waals surface area (Å²) in [5, 5.41) is 10.9. The Kier molecular flexibility index (Phi) is 5.20. The summed E-state index contributed by atoms with van der Waals surface area (Å²) in [4.78, 5) is 21.8. The van der Waals surface area contributed by atoms with Crippen molar-refractivity contribution in [1.29, 1.82) is 0 Å². The Morgan fingerprint density at radius 3 is 2.53 bits per heavy atom. The first-order valence-corrected chi connectivity index (χ1v) is 5.97. The first-order valence-electron chi connectivity index (χ1n) is 4.89. The lowest BCUT2D eigenvalue weighted by molar-refractivity contribution is -0.141. The second-order valence-electron chi connectivity index (χ2n) is 3.37. The second kappa shape index (κ2) is 6.43. The van der Waals surface area contributed by atoms with Crippen LogP contribution >= 0.6 is 22.6 Å². The fraction of sp³-hybridized carbons (Fsp3) is 0.273. The van der Waals surface area contributed by atoms with Gasteiger partial charge in [-0.2, -0.15) is 0 Å². The van der Waals surface area contributed by atoms with Gasteiger partial charge in [-0.15, -0.1) is 0 Å². The van der Waals surface area contributed by atoms with Gasteiger partial charge in [0.05, 0.1) is 0 Å². The van der Waals surface area contributed by atoms with E-state index in [1.54, 1.807) is 12.1 Å². The highest BCUT2D eigenvalue weighted by atomic mass is 127. The molecule has 1 aromatic rings. The van der Waals surface area contributed by atoms with Crippen molar-refractivity contribution in [3.05, 3.63) is 27.8 Å². The third kappa shape index (κ3) is 5.03. The molecule has 92 valence electrons. The summed E-state index contributed by atoms with van der Waals surface area (Å²) in [6.45, 7) is 1.20. The van der Waals surface area contributed by atoms with Crippen LogP contribution in [0, 0.1) is 3.57 Å². The van der Waals surface area contributed by atoms with E-state index in [0.717, 1.165) is 3.57 Å². The van der Waals surface area contributed by atoms with E-state index in [0.29, 0.717) is 5.75 Å². The molecule has 0 bridgehead atoms. The van der Waals surface area contributed by atoms with Crippen molar-refractivity contribution in [3.63, 3.8) is 0 Å². The number of amides is 1. The molecule has 0 fully saturated rings. The van der Waals surface area contributed by atoms with Gasteiger partial charge in [0.25, 0.3) is 5.91 Å². The quantitative estimate of drug-likeness (QED) is 0.785. The molecular weight excluding hydrogens is 337 g/mol. The molecule has 0 aromatic heterocycles. The van der Waals surface area contributed by atoms with Crippen molar-refractivity contribution >= 4 is 34.5 Å². The van der Waals surface area contributed by atoms with Gasteiger partial charge in [0.1, 0.15) is 11.8 Å². The number of benzene rings is 1. The minimum absolute atomic E-state index is 0.196. The van der Waals surface area contributed by atoms with Crippen molar-refractivity contribution in [3.8, 4) is 5.75 Å². The lowest BCUT2D eigenvalue weighted by atomic mass is 10.3. The molecule has 6 heteroatoms. The molecule has 0 unspecified atom stereocenters. The summed E-state index contributed by atoms with van der Waals surface area (Å²) in [5.41, 5.74) is 0. The molecule has 2 N–H and O–H groups in total. The molecule has 5 nitrogen and oxygen atoms in total. The first kappa shape index (κ1) is 13.8. The predicted molar refractivity (Wildman–Crippen MR) is 69.9 cm³/mol. The summed E-state index contributed by atoms with van der Waals surface area (Å²) in [6.07, 6.45) is 0. The Labute approximate surface area is 112 Å². The van der Waals surface area contributed by atoms with Crippen molar-refractivity contribution in [2.45, 2.75) is 13.0 Å². The maximum Gasteiger partial charge on any atom is 0.325 e. The number of hydrogen-bond acceptors (Lipinski definition) is 3. The zero-order valence-electron chi connectivity index (χ0n) is 9.14. The van der Waals surface area contributed by atoms with E-state index >= 15 is 0 Å². The molecule has 1 atom stereocenters. The normalized spacial score (nSPS) is 11.6. The summed E-state index contributed by atoms with van der Waals surface area (Å²) in [5.74, 6) is -0.963. The molecule has 0 aliphatic carbocycles. The van der Waals surface area contributed by atoms with Crippen LogP contribution in [0.1, 0.15) is 6.92 Å². The van der Waals surface area contributed by atoms with Crippen LogP contribution in [0.15, 0.2) is 24.3 Å². The highest BCUT2D eigenvalue weighted by Crippen LogP contribution is 2.13. The lowest BCUT2D eigenvalue weighted by Crippen LogP contribution is -2.40. The van der Waals surface area contributed by atoms with Crippen molar-refractivity contribution in [1.82, 2.24) is 5.32 Å². The number of carbonyl (C=O) groups excluding carboxylic acids is 1. The summed E-state index contributed by atoms with van der Waals surface area (Å²) < 4.78 is 6.26. The van der Waals surface area contributed by atoms with E-state index in [4.69, 9.17) is 9.84 Å². The van der Waals surface area contributed by atoms with E-state index < -0.39 is 17.9 Å². The number of nitrogens with one attached hydrogen (secondary N) is 1. The second-order valence-corrected chi connectivity index (χ2v) is 4.62. The molecular formula is C11H12INO4. The number of aliphatic carboxylic acids is 1. The average Bonchev–Trinajstić information content (AvgIpc) is 2.28. The monoisotopic (exact) mass is 349 g/mol. The van der Waals surface area contributed by atoms with E-state index in [1.807, 2.05) is 12.1 Å². The number of carboxylic acid groups (broad SMARTS) is 1. The maximum atomic E-state index is 11.3. The van der Waals surface area contributed by atoms with Gasteiger partial charge in [0.2, 0.25) is 0 Å². The standard InChI is InChI=1S/C11H12INO4/c1-7(11(15)16)13-10(14)6-17-9-4-2-8(12)3-5-9/h2-5,7H,6H2,1H3,(H,13,14)(H,15,16)/t7-/m0/s1. The highest BCUT2D eigenvalue weighted by Gasteiger charge is 2.13. The molecule has 1 rings (SSSR count). The van der Waals surface area contributed by atoms with Gasteiger partial charge in [-0.1, -0.05) is 0 Å². The Balaban J connectivity index is 2.38. The maximum absolute atomic E-state index is 11.3. The van der Waals surface area contributed by atoms with Gasteiger partial charge in [0.15, 0.2) is 6.61 Å². The predicted octanol–water partition coefficient (Wildman–Crippen LogP) is 1.26. The smallest absolute Gasteiger partial charge is 0.325 e. The van der Waals surface area contributed by atoms with Crippen molar-refractivity contribution in [2.24, 2.45) is 0 Å². The summed E-state index contributed by atoms with van der Waals surface area (Å²) >= 11 is 2.16. The number of carbonyl (C=O) groups is 2. The van der Waals surface area contributed by atoms with Crippen LogP contribution in [-0.2, 0) is 9.59 Å². The fourth-order valence-corrected chi connectivity index (χ4v) is 1.38. The van der Waals surface area contributed by atoms with Crippen LogP contribution in [0.25, 0.3) is 0 Å². The Hall–Kier alpha value is -1.31. The minimum atomic E-state index is -1.08. The summed E-state index contributed by atoms with van der Waals surface area (Å²) in [6, 6.07) is 6.29. The van der Waals surface area contributed by atoms with Gasteiger partial charge < -0.3 is 15.2 Å². The first-order chi connectivity index (χ1) is 7.99. The topological polar surface area (TPSA) is 75.6 Å². The van der Waals surface area contributed by atoms with Crippen LogP contribution in [0.5, 0.6) is 5.75 Å².